The molecule has 0 saturated carbocycles. The Labute approximate surface area is 299 Å². The molecule has 2 aromatic heterocycles. The van der Waals surface area contributed by atoms with Crippen molar-refractivity contribution in [1.29, 1.82) is 0 Å². The molecule has 50 heavy (non-hydrogen) atoms. The summed E-state index contributed by atoms with van der Waals surface area (Å²) in [6, 6.07) is 14.5. The minimum Gasteiger partial charge on any atom is -0.381 e. The molecule has 4 heterocycles. The topological polar surface area (TPSA) is 125 Å². The number of carbonyl (C=O) groups excluding carboxylic acids is 2. The van der Waals surface area contributed by atoms with Gasteiger partial charge in [-0.15, -0.1) is 0 Å². The number of hydrogen-bond donors (Lipinski definition) is 4. The van der Waals surface area contributed by atoms with Crippen LogP contribution in [-0.4, -0.2) is 76.9 Å². The lowest BCUT2D eigenvalue weighted by atomic mass is 10.0. The van der Waals surface area contributed by atoms with Gasteiger partial charge in [-0.3, -0.25) is 14.5 Å². The molecular weight excluding hydrogens is 652 g/mol. The third-order valence-corrected chi connectivity index (χ3v) is 9.89. The highest BCUT2D eigenvalue weighted by Crippen LogP contribution is 2.32. The molecular formula is C38H49ClN8O3. The number of amides is 2. The standard InChI is InChI=1S/C38H49ClN8O3/c1-3-34-31(37(44-29-11-17-50-18-12-29)32-24-43-47(4-2)38(32)45-34)23-42-36(49)21-35(48)41-22-26-9-10-33(39)30(20-26)28-8-5-7-27(19-28)25-46-15-6-13-40-14-16-46/h5,7-10,19-20,24,29,40H,3-4,6,11-18,21-23,25H2,1-2H3,(H,41,48)(H,42,49)(H,44,45). The SMILES string of the molecule is CCc1nc2c(cnn2CC)c(NC2CCOCC2)c1CNC(=O)CC(=O)NCc1ccc(Cl)c(-c2cccc(CN3CCCNCC3)c2)c1. The van der Waals surface area contributed by atoms with Crippen LogP contribution in [0.5, 0.6) is 0 Å². The van der Waals surface area contributed by atoms with E-state index in [1.54, 1.807) is 0 Å². The molecule has 2 fully saturated rings. The van der Waals surface area contributed by atoms with Crippen LogP contribution in [0.2, 0.25) is 5.02 Å². The number of benzene rings is 2. The minimum atomic E-state index is -0.347. The number of aromatic nitrogens is 3. The molecule has 4 aromatic rings. The Kier molecular flexibility index (Phi) is 12.4. The molecule has 4 N–H and O–H groups in total. The first kappa shape index (κ1) is 35.8. The van der Waals surface area contributed by atoms with Gasteiger partial charge >= 0.3 is 0 Å². The second kappa shape index (κ2) is 17.3. The molecule has 12 heteroatoms. The van der Waals surface area contributed by atoms with Crippen LogP contribution >= 0.6 is 11.6 Å². The van der Waals surface area contributed by atoms with Gasteiger partial charge in [0.15, 0.2) is 5.65 Å². The number of rotatable bonds is 13. The Morgan fingerprint density at radius 3 is 2.62 bits per heavy atom. The van der Waals surface area contributed by atoms with Crippen LogP contribution in [0, 0.1) is 0 Å². The summed E-state index contributed by atoms with van der Waals surface area (Å²) in [5, 5.41) is 19.2. The van der Waals surface area contributed by atoms with Crippen molar-refractivity contribution in [1.82, 2.24) is 35.6 Å². The molecule has 6 rings (SSSR count). The van der Waals surface area contributed by atoms with Crippen LogP contribution in [0.25, 0.3) is 22.2 Å². The van der Waals surface area contributed by atoms with Crippen LogP contribution in [0.15, 0.2) is 48.7 Å². The van der Waals surface area contributed by atoms with Gasteiger partial charge in [-0.2, -0.15) is 5.10 Å². The second-order valence-corrected chi connectivity index (χ2v) is 13.5. The highest BCUT2D eigenvalue weighted by Gasteiger charge is 2.22. The summed E-state index contributed by atoms with van der Waals surface area (Å²) in [5.41, 5.74) is 7.72. The van der Waals surface area contributed by atoms with Crippen molar-refractivity contribution in [3.63, 3.8) is 0 Å². The largest absolute Gasteiger partial charge is 0.381 e. The predicted octanol–water partition coefficient (Wildman–Crippen LogP) is 5.04. The molecule has 0 radical (unpaired) electrons. The van der Waals surface area contributed by atoms with Gasteiger partial charge in [0.2, 0.25) is 11.8 Å². The van der Waals surface area contributed by atoms with E-state index >= 15 is 0 Å². The number of halogens is 1. The molecule has 0 bridgehead atoms. The smallest absolute Gasteiger partial charge is 0.229 e. The number of anilines is 1. The van der Waals surface area contributed by atoms with Crippen LogP contribution in [-0.2, 0) is 46.9 Å². The number of nitrogens with one attached hydrogen (secondary N) is 4. The summed E-state index contributed by atoms with van der Waals surface area (Å²) >= 11 is 6.66. The maximum Gasteiger partial charge on any atom is 0.229 e. The van der Waals surface area contributed by atoms with E-state index in [4.69, 9.17) is 21.3 Å². The lowest BCUT2D eigenvalue weighted by Crippen LogP contribution is -2.32. The first-order valence-electron chi connectivity index (χ1n) is 18.0. The van der Waals surface area contributed by atoms with Gasteiger partial charge in [0.1, 0.15) is 6.42 Å². The third-order valence-electron chi connectivity index (χ3n) is 9.56. The Hall–Kier alpha value is -4.03. The zero-order valence-corrected chi connectivity index (χ0v) is 30.0. The van der Waals surface area contributed by atoms with E-state index in [0.29, 0.717) is 31.2 Å². The normalized spacial score (nSPS) is 15.9. The fourth-order valence-corrected chi connectivity index (χ4v) is 7.04. The fraction of sp³-hybridized carbons (Fsp3) is 0.474. The highest BCUT2D eigenvalue weighted by atomic mass is 35.5. The molecule has 0 atom stereocenters. The molecule has 0 unspecified atom stereocenters. The Morgan fingerprint density at radius 1 is 1.00 bits per heavy atom. The number of aryl methyl sites for hydroxylation is 2. The average Bonchev–Trinajstić information content (AvgIpc) is 3.37. The number of carbonyl (C=O) groups is 2. The molecule has 2 saturated heterocycles. The number of pyridine rings is 1. The lowest BCUT2D eigenvalue weighted by molar-refractivity contribution is -0.129. The van der Waals surface area contributed by atoms with Gasteiger partial charge < -0.3 is 26.0 Å². The van der Waals surface area contributed by atoms with E-state index < -0.39 is 0 Å². The van der Waals surface area contributed by atoms with Gasteiger partial charge in [0.25, 0.3) is 0 Å². The summed E-state index contributed by atoms with van der Waals surface area (Å²) in [6.07, 6.45) is 5.22. The summed E-state index contributed by atoms with van der Waals surface area (Å²) in [6.45, 7) is 11.9. The molecule has 0 spiro atoms. The summed E-state index contributed by atoms with van der Waals surface area (Å²) in [7, 11) is 0. The van der Waals surface area contributed by atoms with E-state index in [1.807, 2.05) is 36.0 Å². The van der Waals surface area contributed by atoms with E-state index in [-0.39, 0.29) is 37.4 Å². The molecule has 11 nitrogen and oxygen atoms in total. The summed E-state index contributed by atoms with van der Waals surface area (Å²) < 4.78 is 7.47. The highest BCUT2D eigenvalue weighted by molar-refractivity contribution is 6.33. The molecule has 2 aromatic carbocycles. The van der Waals surface area contributed by atoms with Crippen LogP contribution < -0.4 is 21.3 Å². The van der Waals surface area contributed by atoms with Crippen LogP contribution in [0.1, 0.15) is 61.9 Å². The first-order chi connectivity index (χ1) is 24.4. The van der Waals surface area contributed by atoms with Gasteiger partial charge in [-0.25, -0.2) is 9.67 Å². The average molecular weight is 701 g/mol. The number of ether oxygens (including phenoxy) is 1. The van der Waals surface area contributed by atoms with Gasteiger partial charge in [-0.05, 0) is 80.6 Å². The van der Waals surface area contributed by atoms with Crippen molar-refractivity contribution in [2.45, 2.75) is 78.2 Å². The summed E-state index contributed by atoms with van der Waals surface area (Å²) in [5.74, 6) is -0.693. The van der Waals surface area contributed by atoms with E-state index in [0.717, 1.165) is 96.7 Å². The number of nitrogens with zero attached hydrogens (tertiary/aromatic N) is 4. The van der Waals surface area contributed by atoms with Gasteiger partial charge in [0, 0.05) is 80.4 Å². The Morgan fingerprint density at radius 2 is 1.82 bits per heavy atom. The monoisotopic (exact) mass is 700 g/mol. The first-order valence-corrected chi connectivity index (χ1v) is 18.3. The van der Waals surface area contributed by atoms with E-state index in [9.17, 15) is 9.59 Å². The second-order valence-electron chi connectivity index (χ2n) is 13.1. The molecule has 2 amide bonds. The van der Waals surface area contributed by atoms with Crippen molar-refractivity contribution in [2.75, 3.05) is 44.7 Å². The van der Waals surface area contributed by atoms with E-state index in [2.05, 4.69) is 62.5 Å². The van der Waals surface area contributed by atoms with Crippen molar-refractivity contribution >= 4 is 40.1 Å². The third kappa shape index (κ3) is 9.00. The summed E-state index contributed by atoms with van der Waals surface area (Å²) in [4.78, 5) is 33.4. The van der Waals surface area contributed by atoms with E-state index in [1.165, 1.54) is 5.56 Å². The minimum absolute atomic E-state index is 0.253. The van der Waals surface area contributed by atoms with Crippen molar-refractivity contribution in [2.24, 2.45) is 0 Å². The predicted molar refractivity (Wildman–Crippen MR) is 198 cm³/mol. The fourth-order valence-electron chi connectivity index (χ4n) is 6.82. The Balaban J connectivity index is 1.07. The van der Waals surface area contributed by atoms with Crippen molar-refractivity contribution in [3.8, 4) is 11.1 Å². The quantitative estimate of drug-likeness (QED) is 0.143. The molecule has 2 aliphatic heterocycles. The maximum atomic E-state index is 13.1. The Bertz CT molecular complexity index is 1780. The van der Waals surface area contributed by atoms with Crippen LogP contribution in [0.3, 0.4) is 0 Å². The lowest BCUT2D eigenvalue weighted by Gasteiger charge is -2.26. The zero-order valence-electron chi connectivity index (χ0n) is 29.2. The van der Waals surface area contributed by atoms with Gasteiger partial charge in [-0.1, -0.05) is 42.8 Å². The maximum absolute atomic E-state index is 13.1. The van der Waals surface area contributed by atoms with Crippen molar-refractivity contribution < 1.29 is 14.3 Å². The molecule has 2 aliphatic rings. The molecule has 266 valence electrons. The number of fused-ring (bicyclic) bond motifs is 1. The zero-order chi connectivity index (χ0) is 34.9. The van der Waals surface area contributed by atoms with Crippen molar-refractivity contribution in [3.05, 3.63) is 76.1 Å². The number of hydrogen-bond acceptors (Lipinski definition) is 8. The van der Waals surface area contributed by atoms with Gasteiger partial charge in [0.05, 0.1) is 17.3 Å². The molecule has 0 aliphatic carbocycles. The van der Waals surface area contributed by atoms with Crippen LogP contribution in [0.4, 0.5) is 5.69 Å².